The number of hydrogen-bond donors (Lipinski definition) is 2. The number of halogens is 1. The van der Waals surface area contributed by atoms with E-state index in [0.717, 1.165) is 59.6 Å². The number of aromatic nitrogens is 1. The van der Waals surface area contributed by atoms with Gasteiger partial charge in [-0.15, -0.1) is 0 Å². The Hall–Kier alpha value is -2.74. The fourth-order valence-corrected chi connectivity index (χ4v) is 6.19. The molecule has 1 unspecified atom stereocenters. The number of nitrogens with zero attached hydrogens (tertiary/aromatic N) is 1. The predicted molar refractivity (Wildman–Crippen MR) is 126 cm³/mol. The van der Waals surface area contributed by atoms with E-state index in [1.165, 1.54) is 6.07 Å². The average Bonchev–Trinajstić information content (AvgIpc) is 3.39. The Kier molecular flexibility index (Phi) is 5.71. The molecule has 7 heteroatoms. The van der Waals surface area contributed by atoms with E-state index in [0.29, 0.717) is 11.4 Å². The first-order chi connectivity index (χ1) is 15.5. The van der Waals surface area contributed by atoms with Crippen molar-refractivity contribution in [2.75, 3.05) is 19.6 Å². The third kappa shape index (κ3) is 4.28. The van der Waals surface area contributed by atoms with Crippen LogP contribution >= 0.6 is 0 Å². The van der Waals surface area contributed by atoms with Crippen molar-refractivity contribution in [3.05, 3.63) is 78.2 Å². The van der Waals surface area contributed by atoms with Crippen LogP contribution in [0.3, 0.4) is 0 Å². The Bertz CT molecular complexity index is 1360. The summed E-state index contributed by atoms with van der Waals surface area (Å²) < 4.78 is 42.6. The lowest BCUT2D eigenvalue weighted by molar-refractivity contribution is 0.327. The van der Waals surface area contributed by atoms with Gasteiger partial charge in [-0.2, -0.15) is 0 Å². The van der Waals surface area contributed by atoms with Gasteiger partial charge in [-0.25, -0.2) is 17.5 Å². The van der Waals surface area contributed by atoms with E-state index in [4.69, 9.17) is 0 Å². The highest BCUT2D eigenvalue weighted by Gasteiger charge is 2.27. The van der Waals surface area contributed by atoms with Gasteiger partial charge in [0.25, 0.3) is 0 Å². The number of nitrogens with one attached hydrogen (secondary N) is 2. The first kappa shape index (κ1) is 21.1. The van der Waals surface area contributed by atoms with Gasteiger partial charge in [-0.05, 0) is 67.6 Å². The second-order valence-corrected chi connectivity index (χ2v) is 10.2. The topological polar surface area (TPSA) is 65.2 Å². The minimum Gasteiger partial charge on any atom is -0.361 e. The molecule has 1 aliphatic rings. The Morgan fingerprint density at radius 2 is 1.91 bits per heavy atom. The number of sulfonamides is 1. The Labute approximate surface area is 187 Å². The molecule has 4 aromatic rings. The number of likely N-dealkylation sites (tertiary alicyclic amines) is 1. The van der Waals surface area contributed by atoms with E-state index >= 15 is 0 Å². The minimum atomic E-state index is -3.59. The van der Waals surface area contributed by atoms with Crippen molar-refractivity contribution in [1.29, 1.82) is 0 Å². The van der Waals surface area contributed by atoms with Crippen LogP contribution in [0.1, 0.15) is 18.4 Å². The smallest absolute Gasteiger partial charge is 0.241 e. The third-order valence-electron chi connectivity index (χ3n) is 6.28. The molecular weight excluding hydrogens is 425 g/mol. The zero-order chi connectivity index (χ0) is 22.1. The van der Waals surface area contributed by atoms with Gasteiger partial charge in [0.05, 0.1) is 4.90 Å². The maximum atomic E-state index is 13.6. The van der Waals surface area contributed by atoms with Crippen molar-refractivity contribution in [3.8, 4) is 0 Å². The number of hydrogen-bond acceptors (Lipinski definition) is 3. The monoisotopic (exact) mass is 451 g/mol. The predicted octanol–water partition coefficient (Wildman–Crippen LogP) is 4.45. The summed E-state index contributed by atoms with van der Waals surface area (Å²) in [5.74, 6) is -0.223. The van der Waals surface area contributed by atoms with Gasteiger partial charge >= 0.3 is 0 Å². The molecule has 1 fully saturated rings. The van der Waals surface area contributed by atoms with E-state index < -0.39 is 10.0 Å². The van der Waals surface area contributed by atoms with Crippen LogP contribution < -0.4 is 4.72 Å². The highest BCUT2D eigenvalue weighted by molar-refractivity contribution is 7.89. The molecule has 1 aromatic heterocycles. The largest absolute Gasteiger partial charge is 0.361 e. The first-order valence-electron chi connectivity index (χ1n) is 11.0. The summed E-state index contributed by atoms with van der Waals surface area (Å²) >= 11 is 0. The molecule has 32 heavy (non-hydrogen) atoms. The Morgan fingerprint density at radius 3 is 2.81 bits per heavy atom. The van der Waals surface area contributed by atoms with Gasteiger partial charge in [0.15, 0.2) is 0 Å². The molecule has 5 rings (SSSR count). The van der Waals surface area contributed by atoms with Gasteiger partial charge < -0.3 is 9.88 Å². The summed E-state index contributed by atoms with van der Waals surface area (Å²) in [6.45, 7) is 2.45. The van der Waals surface area contributed by atoms with Crippen LogP contribution in [0.2, 0.25) is 0 Å². The number of H-pyrrole nitrogens is 1. The summed E-state index contributed by atoms with van der Waals surface area (Å²) in [7, 11) is -3.59. The Morgan fingerprint density at radius 1 is 1.06 bits per heavy atom. The molecule has 166 valence electrons. The van der Waals surface area contributed by atoms with E-state index in [1.807, 2.05) is 36.5 Å². The number of rotatable bonds is 7. The summed E-state index contributed by atoms with van der Waals surface area (Å²) in [6, 6.07) is 17.6. The molecule has 0 spiro atoms. The molecule has 0 bridgehead atoms. The van der Waals surface area contributed by atoms with Crippen molar-refractivity contribution in [2.45, 2.75) is 30.2 Å². The summed E-state index contributed by atoms with van der Waals surface area (Å²) in [5.41, 5.74) is 2.07. The molecule has 2 heterocycles. The van der Waals surface area contributed by atoms with Crippen LogP contribution in [0.25, 0.3) is 21.7 Å². The first-order valence-corrected chi connectivity index (χ1v) is 12.5. The number of benzene rings is 3. The van der Waals surface area contributed by atoms with Crippen LogP contribution in [0.15, 0.2) is 71.8 Å². The summed E-state index contributed by atoms with van der Waals surface area (Å²) in [6.07, 6.45) is 4.54. The van der Waals surface area contributed by atoms with Crippen molar-refractivity contribution in [2.24, 2.45) is 0 Å². The van der Waals surface area contributed by atoms with Gasteiger partial charge in [0.2, 0.25) is 10.0 Å². The lowest BCUT2D eigenvalue weighted by Crippen LogP contribution is -2.37. The fourth-order valence-electron chi connectivity index (χ4n) is 4.70. The van der Waals surface area contributed by atoms with Crippen LogP contribution in [-0.4, -0.2) is 44.0 Å². The van der Waals surface area contributed by atoms with Gasteiger partial charge in [0.1, 0.15) is 5.82 Å². The van der Waals surface area contributed by atoms with E-state index in [1.54, 1.807) is 24.3 Å². The normalized spacial score (nSPS) is 17.5. The molecule has 0 radical (unpaired) electrons. The maximum Gasteiger partial charge on any atom is 0.241 e. The zero-order valence-electron chi connectivity index (χ0n) is 17.7. The Balaban J connectivity index is 1.19. The number of aryl methyl sites for hydroxylation is 1. The highest BCUT2D eigenvalue weighted by atomic mass is 32.2. The highest BCUT2D eigenvalue weighted by Crippen LogP contribution is 2.24. The SMILES string of the molecule is O=S(=O)(NC1CCN(CCCc2c[nH]c3ccc(F)cc23)C1)c1cccc2ccccc12. The van der Waals surface area contributed by atoms with Crippen LogP contribution in [-0.2, 0) is 16.4 Å². The van der Waals surface area contributed by atoms with Crippen molar-refractivity contribution >= 4 is 31.7 Å². The molecule has 1 atom stereocenters. The minimum absolute atomic E-state index is 0.0962. The molecule has 1 saturated heterocycles. The van der Waals surface area contributed by atoms with E-state index in [-0.39, 0.29) is 11.9 Å². The molecular formula is C25H26FN3O2S. The standard InChI is InChI=1S/C25H26FN3O2S/c26-20-10-11-24-23(15-20)19(16-27-24)7-4-13-29-14-12-21(17-29)28-32(30,31)25-9-3-6-18-5-1-2-8-22(18)25/h1-3,5-6,8-11,15-16,21,27-28H,4,7,12-14,17H2. The lowest BCUT2D eigenvalue weighted by Gasteiger charge is -2.17. The second kappa shape index (κ2) is 8.65. The summed E-state index contributed by atoms with van der Waals surface area (Å²) in [5, 5.41) is 2.60. The van der Waals surface area contributed by atoms with E-state index in [9.17, 15) is 12.8 Å². The van der Waals surface area contributed by atoms with Crippen LogP contribution in [0.5, 0.6) is 0 Å². The van der Waals surface area contributed by atoms with Gasteiger partial charge in [-0.3, -0.25) is 0 Å². The maximum absolute atomic E-state index is 13.6. The van der Waals surface area contributed by atoms with E-state index in [2.05, 4.69) is 14.6 Å². The molecule has 5 nitrogen and oxygen atoms in total. The van der Waals surface area contributed by atoms with Crippen molar-refractivity contribution < 1.29 is 12.8 Å². The molecule has 0 amide bonds. The number of aromatic amines is 1. The molecule has 2 N–H and O–H groups in total. The van der Waals surface area contributed by atoms with Gasteiger partial charge in [-0.1, -0.05) is 36.4 Å². The zero-order valence-corrected chi connectivity index (χ0v) is 18.5. The van der Waals surface area contributed by atoms with Crippen molar-refractivity contribution in [1.82, 2.24) is 14.6 Å². The molecule has 1 aliphatic heterocycles. The van der Waals surface area contributed by atoms with Crippen molar-refractivity contribution in [3.63, 3.8) is 0 Å². The van der Waals surface area contributed by atoms with Crippen LogP contribution in [0.4, 0.5) is 4.39 Å². The molecule has 0 aliphatic carbocycles. The quantitative estimate of drug-likeness (QED) is 0.436. The summed E-state index contributed by atoms with van der Waals surface area (Å²) in [4.78, 5) is 5.83. The molecule has 3 aromatic carbocycles. The lowest BCUT2D eigenvalue weighted by atomic mass is 10.1. The third-order valence-corrected chi connectivity index (χ3v) is 7.86. The number of fused-ring (bicyclic) bond motifs is 2. The molecule has 0 saturated carbocycles. The van der Waals surface area contributed by atoms with Gasteiger partial charge in [0, 0.05) is 35.1 Å². The van der Waals surface area contributed by atoms with Crippen LogP contribution in [0, 0.1) is 5.82 Å². The fraction of sp³-hybridized carbons (Fsp3) is 0.280. The average molecular weight is 452 g/mol. The second-order valence-electron chi connectivity index (χ2n) is 8.49.